The number of imidazole rings is 4. The van der Waals surface area contributed by atoms with Crippen LogP contribution < -0.4 is 0 Å². The first-order chi connectivity index (χ1) is 31.3. The predicted octanol–water partition coefficient (Wildman–Crippen LogP) is 13.8. The highest BCUT2D eigenvalue weighted by Crippen LogP contribution is 2.42. The second-order valence-corrected chi connectivity index (χ2v) is 16.6. The van der Waals surface area contributed by atoms with E-state index in [2.05, 4.69) is 223 Å². The van der Waals surface area contributed by atoms with E-state index in [9.17, 15) is 0 Å². The summed E-state index contributed by atoms with van der Waals surface area (Å²) >= 11 is 0. The molecular formula is C56H33N7. The summed E-state index contributed by atoms with van der Waals surface area (Å²) in [6.07, 6.45) is 0. The van der Waals surface area contributed by atoms with Crippen molar-refractivity contribution in [1.82, 2.24) is 32.3 Å². The van der Waals surface area contributed by atoms with Crippen LogP contribution in [-0.2, 0) is 0 Å². The van der Waals surface area contributed by atoms with Crippen LogP contribution in [0.3, 0.4) is 0 Å². The summed E-state index contributed by atoms with van der Waals surface area (Å²) in [6, 6.07) is 72.5. The third-order valence-corrected chi connectivity index (χ3v) is 13.4. The van der Waals surface area contributed by atoms with Crippen molar-refractivity contribution in [3.63, 3.8) is 0 Å². The molecule has 0 atom stereocenters. The predicted molar refractivity (Wildman–Crippen MR) is 260 cm³/mol. The molecule has 7 nitrogen and oxygen atoms in total. The van der Waals surface area contributed by atoms with Crippen molar-refractivity contribution >= 4 is 115 Å². The number of rotatable bonds is 2. The molecule has 7 heteroatoms. The summed E-state index contributed by atoms with van der Waals surface area (Å²) in [4.78, 5) is 10.7. The van der Waals surface area contributed by atoms with Crippen LogP contribution in [0.1, 0.15) is 0 Å². The van der Waals surface area contributed by atoms with Gasteiger partial charge in [0.05, 0.1) is 66.4 Å². The van der Waals surface area contributed by atoms with Gasteiger partial charge in [0.2, 0.25) is 11.6 Å². The number of nitrogens with zero attached hydrogens (tertiary/aromatic N) is 7. The highest BCUT2D eigenvalue weighted by atomic mass is 15.2. The molecule has 0 radical (unpaired) electrons. The Morgan fingerprint density at radius 3 is 1.44 bits per heavy atom. The van der Waals surface area contributed by atoms with Crippen LogP contribution in [0.4, 0.5) is 0 Å². The highest BCUT2D eigenvalue weighted by molar-refractivity contribution is 6.23. The minimum absolute atomic E-state index is 0.878. The molecule has 15 aromatic rings. The Bertz CT molecular complexity index is 4510. The van der Waals surface area contributed by atoms with Gasteiger partial charge in [-0.3, -0.25) is 17.8 Å². The molecule has 0 spiro atoms. The molecule has 0 fully saturated rings. The van der Waals surface area contributed by atoms with Crippen LogP contribution in [0.2, 0.25) is 0 Å². The van der Waals surface area contributed by atoms with Crippen LogP contribution in [-0.4, -0.2) is 32.3 Å². The molecule has 0 aliphatic carbocycles. The van der Waals surface area contributed by atoms with Crippen LogP contribution in [0.5, 0.6) is 0 Å². The van der Waals surface area contributed by atoms with Gasteiger partial charge >= 0.3 is 0 Å². The molecule has 6 aromatic heterocycles. The Labute approximate surface area is 357 Å². The number of hydrogen-bond donors (Lipinski definition) is 0. The second kappa shape index (κ2) is 12.0. The van der Waals surface area contributed by atoms with E-state index < -0.39 is 0 Å². The smallest absolute Gasteiger partial charge is 0.220 e. The van der Waals surface area contributed by atoms with E-state index >= 15 is 0 Å². The molecule has 0 saturated heterocycles. The Hall–Kier alpha value is -8.68. The molecule has 0 aliphatic heterocycles. The van der Waals surface area contributed by atoms with Crippen molar-refractivity contribution in [2.24, 2.45) is 0 Å². The first kappa shape index (κ1) is 33.1. The number of aromatic nitrogens is 7. The fourth-order valence-electron chi connectivity index (χ4n) is 10.9. The van der Waals surface area contributed by atoms with Crippen LogP contribution in [0, 0.1) is 0 Å². The number of hydrogen-bond acceptors (Lipinski definition) is 2. The summed E-state index contributed by atoms with van der Waals surface area (Å²) in [6.45, 7) is 0. The van der Waals surface area contributed by atoms with Crippen LogP contribution >= 0.6 is 0 Å². The van der Waals surface area contributed by atoms with Gasteiger partial charge in [-0.25, -0.2) is 9.97 Å². The van der Waals surface area contributed by atoms with E-state index in [4.69, 9.17) is 9.97 Å². The normalized spacial score (nSPS) is 12.4. The van der Waals surface area contributed by atoms with Crippen molar-refractivity contribution in [3.05, 3.63) is 200 Å². The van der Waals surface area contributed by atoms with Gasteiger partial charge in [-0.05, 0) is 94.3 Å². The number of benzene rings is 9. The Kier molecular flexibility index (Phi) is 6.30. The second-order valence-electron chi connectivity index (χ2n) is 16.6. The molecule has 15 rings (SSSR count). The van der Waals surface area contributed by atoms with Gasteiger partial charge in [0.1, 0.15) is 0 Å². The largest absolute Gasteiger partial charge is 0.307 e. The van der Waals surface area contributed by atoms with Crippen molar-refractivity contribution in [3.8, 4) is 11.4 Å². The fraction of sp³-hybridized carbons (Fsp3) is 0. The average Bonchev–Trinajstić information content (AvgIpc) is 4.14. The summed E-state index contributed by atoms with van der Waals surface area (Å²) in [5, 5.41) is 9.41. The molecular weight excluding hydrogens is 771 g/mol. The lowest BCUT2D eigenvalue weighted by Gasteiger charge is -2.14. The van der Waals surface area contributed by atoms with E-state index in [0.29, 0.717) is 0 Å². The standard InChI is InChI=1S/C56H33N7/c1-3-17-37-35(15-1)36-16-2-4-18-38(36)41-21-14-30-52-54(41)63(56-58-44-23-7-10-26-48(44)62(52)56)53-40(37)20-13-29-51(53)60-45-24-8-5-19-39(45)42-33-34(31-32-46(42)60)59-49-27-11-12-28-50(49)61-47-25-9-6-22-43(47)57-55(59)61/h1-33H. The van der Waals surface area contributed by atoms with Crippen molar-refractivity contribution < 1.29 is 0 Å². The summed E-state index contributed by atoms with van der Waals surface area (Å²) in [5.41, 5.74) is 14.1. The first-order valence-corrected chi connectivity index (χ1v) is 21.4. The maximum Gasteiger partial charge on any atom is 0.220 e. The number of fused-ring (bicyclic) bond motifs is 20. The topological polar surface area (TPSA) is 48.9 Å². The molecule has 292 valence electrons. The Balaban J connectivity index is 1.15. The molecule has 63 heavy (non-hydrogen) atoms. The van der Waals surface area contributed by atoms with E-state index in [1.54, 1.807) is 0 Å². The summed E-state index contributed by atoms with van der Waals surface area (Å²) in [5.74, 6) is 1.77. The maximum absolute atomic E-state index is 5.47. The zero-order valence-corrected chi connectivity index (χ0v) is 33.7. The molecule has 6 heterocycles. The van der Waals surface area contributed by atoms with Gasteiger partial charge in [-0.15, -0.1) is 0 Å². The van der Waals surface area contributed by atoms with Gasteiger partial charge in [0.25, 0.3) is 0 Å². The summed E-state index contributed by atoms with van der Waals surface area (Å²) in [7, 11) is 0. The third kappa shape index (κ3) is 4.22. The highest BCUT2D eigenvalue weighted by Gasteiger charge is 2.23. The minimum Gasteiger partial charge on any atom is -0.307 e. The lowest BCUT2D eigenvalue weighted by Crippen LogP contribution is -2.00. The first-order valence-electron chi connectivity index (χ1n) is 21.4. The Morgan fingerprint density at radius 2 is 0.746 bits per heavy atom. The van der Waals surface area contributed by atoms with Gasteiger partial charge < -0.3 is 4.57 Å². The molecule has 0 N–H and O–H groups in total. The molecule has 9 aromatic carbocycles. The van der Waals surface area contributed by atoms with Gasteiger partial charge in [-0.1, -0.05) is 127 Å². The molecule has 0 bridgehead atoms. The van der Waals surface area contributed by atoms with Gasteiger partial charge in [0, 0.05) is 27.2 Å². The zero-order valence-electron chi connectivity index (χ0n) is 33.7. The average molecular weight is 804 g/mol. The lowest BCUT2D eigenvalue weighted by molar-refractivity contribution is 1.11. The van der Waals surface area contributed by atoms with E-state index in [1.165, 1.54) is 37.7 Å². The van der Waals surface area contributed by atoms with E-state index in [1.807, 2.05) is 0 Å². The molecule has 0 unspecified atom stereocenters. The Morgan fingerprint density at radius 1 is 0.270 bits per heavy atom. The maximum atomic E-state index is 5.47. The lowest BCUT2D eigenvalue weighted by atomic mass is 10.0. The van der Waals surface area contributed by atoms with Crippen LogP contribution in [0.25, 0.3) is 127 Å². The minimum atomic E-state index is 0.878. The van der Waals surface area contributed by atoms with Crippen molar-refractivity contribution in [2.75, 3.05) is 0 Å². The fourth-order valence-corrected chi connectivity index (χ4v) is 10.9. The van der Waals surface area contributed by atoms with Crippen molar-refractivity contribution in [2.45, 2.75) is 0 Å². The summed E-state index contributed by atoms with van der Waals surface area (Å²) < 4.78 is 11.9. The van der Waals surface area contributed by atoms with E-state index in [-0.39, 0.29) is 0 Å². The van der Waals surface area contributed by atoms with Gasteiger partial charge in [-0.2, -0.15) is 0 Å². The van der Waals surface area contributed by atoms with Crippen molar-refractivity contribution in [1.29, 1.82) is 0 Å². The van der Waals surface area contributed by atoms with Crippen LogP contribution in [0.15, 0.2) is 200 Å². The number of para-hydroxylation sites is 9. The quantitative estimate of drug-likeness (QED) is 0.175. The van der Waals surface area contributed by atoms with E-state index in [0.717, 1.165) is 89.0 Å². The monoisotopic (exact) mass is 803 g/mol. The molecule has 0 saturated carbocycles. The van der Waals surface area contributed by atoms with Gasteiger partial charge in [0.15, 0.2) is 0 Å². The zero-order chi connectivity index (χ0) is 40.9. The SMILES string of the molecule is c1ccc2c(c1)nc1n(-c3ccc4c(c3)c3ccccc3n4-c3cccc4c5ccccc5c5ccccc5c5cccc6c5n(c34)c3nc4ccccc4n63)c3ccccc3n21. The third-order valence-electron chi connectivity index (χ3n) is 13.4. The molecule has 0 aliphatic rings. The molecule has 0 amide bonds.